The van der Waals surface area contributed by atoms with Gasteiger partial charge in [-0.3, -0.25) is 4.79 Å². The maximum Gasteiger partial charge on any atom is 0.271 e. The van der Waals surface area contributed by atoms with Crippen molar-refractivity contribution in [1.82, 2.24) is 15.5 Å². The first-order valence-corrected chi connectivity index (χ1v) is 9.22. The Labute approximate surface area is 144 Å². The number of carbonyl (C=O) groups excluding carboxylic acids is 1. The molecule has 3 rings (SSSR count). The Morgan fingerprint density at radius 3 is 2.71 bits per heavy atom. The van der Waals surface area contributed by atoms with Crippen LogP contribution in [0.4, 0.5) is 5.82 Å². The summed E-state index contributed by atoms with van der Waals surface area (Å²) in [5.74, 6) is 1.30. The number of ether oxygens (including phenoxy) is 1. The first-order valence-electron chi connectivity index (χ1n) is 9.22. The van der Waals surface area contributed by atoms with Gasteiger partial charge in [-0.25, -0.2) is 0 Å². The fraction of sp³-hybridized carbons (Fsp3) is 0.722. The van der Waals surface area contributed by atoms with Crippen LogP contribution in [0.3, 0.4) is 0 Å². The van der Waals surface area contributed by atoms with Crippen LogP contribution in [0.2, 0.25) is 0 Å². The van der Waals surface area contributed by atoms with Crippen LogP contribution in [0.15, 0.2) is 12.1 Å². The number of rotatable bonds is 6. The molecule has 1 aliphatic carbocycles. The van der Waals surface area contributed by atoms with Gasteiger partial charge in [0.05, 0.1) is 12.7 Å². The average Bonchev–Trinajstić information content (AvgIpc) is 3.15. The second-order valence-electron chi connectivity index (χ2n) is 6.90. The highest BCUT2D eigenvalue weighted by Gasteiger charge is 2.21. The fourth-order valence-corrected chi connectivity index (χ4v) is 3.56. The largest absolute Gasteiger partial charge is 0.376 e. The molecule has 6 nitrogen and oxygen atoms in total. The molecule has 2 fully saturated rings. The Balaban J connectivity index is 1.40. The van der Waals surface area contributed by atoms with E-state index < -0.39 is 0 Å². The van der Waals surface area contributed by atoms with Crippen molar-refractivity contribution in [3.63, 3.8) is 0 Å². The zero-order chi connectivity index (χ0) is 16.8. The summed E-state index contributed by atoms with van der Waals surface area (Å²) in [6.07, 6.45) is 7.68. The molecule has 0 bridgehead atoms. The van der Waals surface area contributed by atoms with E-state index in [0.29, 0.717) is 30.9 Å². The van der Waals surface area contributed by atoms with Gasteiger partial charge in [-0.05, 0) is 43.7 Å². The molecule has 0 unspecified atom stereocenters. The maximum absolute atomic E-state index is 12.1. The molecular weight excluding hydrogens is 304 g/mol. The van der Waals surface area contributed by atoms with Crippen molar-refractivity contribution in [2.45, 2.75) is 51.6 Å². The normalized spacial score (nSPS) is 24.1. The second-order valence-corrected chi connectivity index (χ2v) is 6.90. The molecule has 1 aromatic rings. The van der Waals surface area contributed by atoms with E-state index in [1.165, 1.54) is 32.1 Å². The van der Waals surface area contributed by atoms with E-state index in [4.69, 9.17) is 4.74 Å². The Kier molecular flexibility index (Phi) is 6.01. The molecule has 6 heteroatoms. The fourth-order valence-electron chi connectivity index (χ4n) is 3.56. The first-order chi connectivity index (χ1) is 11.7. The van der Waals surface area contributed by atoms with Crippen LogP contribution in [0, 0.1) is 5.92 Å². The molecule has 1 N–H and O–H groups in total. The summed E-state index contributed by atoms with van der Waals surface area (Å²) >= 11 is 0. The van der Waals surface area contributed by atoms with Gasteiger partial charge in [0.25, 0.3) is 5.91 Å². The summed E-state index contributed by atoms with van der Waals surface area (Å²) in [5, 5.41) is 11.1. The third-order valence-electron chi connectivity index (χ3n) is 5.07. The molecule has 2 aliphatic rings. The number of hydrogen-bond acceptors (Lipinski definition) is 5. The summed E-state index contributed by atoms with van der Waals surface area (Å²) in [5.41, 5.74) is 0.365. The standard InChI is InChI=1S/C18H28N4O2/c1-14-6-2-3-7-16(14)24-13-10-19-18(23)15-8-9-17(21-20-15)22-11-4-5-12-22/h8-9,14,16H,2-7,10-13H2,1H3,(H,19,23)/t14-,16+/m1/s1. The van der Waals surface area contributed by atoms with Crippen LogP contribution >= 0.6 is 0 Å². The number of anilines is 1. The van der Waals surface area contributed by atoms with Crippen molar-refractivity contribution in [3.05, 3.63) is 17.8 Å². The van der Waals surface area contributed by atoms with E-state index >= 15 is 0 Å². The molecule has 132 valence electrons. The topological polar surface area (TPSA) is 67.3 Å². The minimum Gasteiger partial charge on any atom is -0.376 e. The number of aromatic nitrogens is 2. The van der Waals surface area contributed by atoms with Crippen LogP contribution in [0.25, 0.3) is 0 Å². The molecular formula is C18H28N4O2. The van der Waals surface area contributed by atoms with Crippen LogP contribution in [-0.4, -0.2) is 48.4 Å². The zero-order valence-corrected chi connectivity index (χ0v) is 14.5. The predicted molar refractivity (Wildman–Crippen MR) is 93.2 cm³/mol. The van der Waals surface area contributed by atoms with Crippen molar-refractivity contribution in [2.24, 2.45) is 5.92 Å². The van der Waals surface area contributed by atoms with E-state index in [1.54, 1.807) is 6.07 Å². The second kappa shape index (κ2) is 8.42. The van der Waals surface area contributed by atoms with Gasteiger partial charge in [-0.1, -0.05) is 19.8 Å². The van der Waals surface area contributed by atoms with E-state index in [1.807, 2.05) is 6.07 Å². The van der Waals surface area contributed by atoms with Gasteiger partial charge in [-0.2, -0.15) is 0 Å². The van der Waals surface area contributed by atoms with Crippen molar-refractivity contribution in [3.8, 4) is 0 Å². The first kappa shape index (κ1) is 17.1. The molecule has 1 saturated heterocycles. The van der Waals surface area contributed by atoms with Crippen molar-refractivity contribution in [2.75, 3.05) is 31.1 Å². The monoisotopic (exact) mass is 332 g/mol. The lowest BCUT2D eigenvalue weighted by Gasteiger charge is -2.28. The quantitative estimate of drug-likeness (QED) is 0.810. The summed E-state index contributed by atoms with van der Waals surface area (Å²) < 4.78 is 5.91. The third kappa shape index (κ3) is 4.44. The molecule has 1 amide bonds. The van der Waals surface area contributed by atoms with Crippen LogP contribution in [-0.2, 0) is 4.74 Å². The highest BCUT2D eigenvalue weighted by molar-refractivity contribution is 5.92. The van der Waals surface area contributed by atoms with Crippen LogP contribution in [0.1, 0.15) is 55.9 Å². The molecule has 0 radical (unpaired) electrons. The van der Waals surface area contributed by atoms with Crippen LogP contribution < -0.4 is 10.2 Å². The lowest BCUT2D eigenvalue weighted by molar-refractivity contribution is -0.00295. The van der Waals surface area contributed by atoms with Crippen LogP contribution in [0.5, 0.6) is 0 Å². The van der Waals surface area contributed by atoms with Gasteiger partial charge in [0.15, 0.2) is 11.5 Å². The zero-order valence-electron chi connectivity index (χ0n) is 14.5. The van der Waals surface area contributed by atoms with E-state index in [0.717, 1.165) is 25.3 Å². The summed E-state index contributed by atoms with van der Waals surface area (Å²) in [7, 11) is 0. The lowest BCUT2D eigenvalue weighted by atomic mass is 9.88. The predicted octanol–water partition coefficient (Wildman–Crippen LogP) is 2.40. The molecule has 2 atom stereocenters. The SMILES string of the molecule is C[C@@H]1CCCC[C@@H]1OCCNC(=O)c1ccc(N2CCCC2)nn1. The molecule has 1 saturated carbocycles. The Bertz CT molecular complexity index is 528. The van der Waals surface area contributed by atoms with Gasteiger partial charge < -0.3 is 15.0 Å². The summed E-state index contributed by atoms with van der Waals surface area (Å²) in [4.78, 5) is 14.3. The maximum atomic E-state index is 12.1. The highest BCUT2D eigenvalue weighted by atomic mass is 16.5. The molecule has 2 heterocycles. The van der Waals surface area contributed by atoms with Crippen molar-refractivity contribution < 1.29 is 9.53 Å². The van der Waals surface area contributed by atoms with E-state index in [-0.39, 0.29) is 5.91 Å². The number of hydrogen-bond donors (Lipinski definition) is 1. The minimum absolute atomic E-state index is 0.184. The Morgan fingerprint density at radius 1 is 1.21 bits per heavy atom. The highest BCUT2D eigenvalue weighted by Crippen LogP contribution is 2.26. The summed E-state index contributed by atoms with van der Waals surface area (Å²) in [6, 6.07) is 3.63. The van der Waals surface area contributed by atoms with Gasteiger partial charge in [0.1, 0.15) is 0 Å². The minimum atomic E-state index is -0.184. The molecule has 24 heavy (non-hydrogen) atoms. The number of nitrogens with one attached hydrogen (secondary N) is 1. The Morgan fingerprint density at radius 2 is 2.00 bits per heavy atom. The lowest BCUT2D eigenvalue weighted by Crippen LogP contribution is -2.32. The molecule has 1 aliphatic heterocycles. The molecule has 0 spiro atoms. The van der Waals surface area contributed by atoms with Crippen molar-refractivity contribution >= 4 is 11.7 Å². The molecule has 1 aromatic heterocycles. The third-order valence-corrected chi connectivity index (χ3v) is 5.07. The summed E-state index contributed by atoms with van der Waals surface area (Å²) in [6.45, 7) is 5.37. The number of carbonyl (C=O) groups is 1. The Hall–Kier alpha value is -1.69. The molecule has 0 aromatic carbocycles. The van der Waals surface area contributed by atoms with E-state index in [2.05, 4.69) is 27.3 Å². The van der Waals surface area contributed by atoms with E-state index in [9.17, 15) is 4.79 Å². The van der Waals surface area contributed by atoms with Crippen molar-refractivity contribution in [1.29, 1.82) is 0 Å². The number of nitrogens with zero attached hydrogens (tertiary/aromatic N) is 3. The van der Waals surface area contributed by atoms with Gasteiger partial charge in [-0.15, -0.1) is 10.2 Å². The van der Waals surface area contributed by atoms with Gasteiger partial charge in [0, 0.05) is 19.6 Å². The smallest absolute Gasteiger partial charge is 0.271 e. The number of amides is 1. The average molecular weight is 332 g/mol. The van der Waals surface area contributed by atoms with Gasteiger partial charge >= 0.3 is 0 Å². The van der Waals surface area contributed by atoms with Gasteiger partial charge in [0.2, 0.25) is 0 Å².